The van der Waals surface area contributed by atoms with Gasteiger partial charge >= 0.3 is 12.1 Å². The van der Waals surface area contributed by atoms with Gasteiger partial charge in [-0.15, -0.1) is 0 Å². The van der Waals surface area contributed by atoms with Gasteiger partial charge in [0.2, 0.25) is 0 Å². The molecule has 0 radical (unpaired) electrons. The van der Waals surface area contributed by atoms with Crippen LogP contribution in [0.5, 0.6) is 0 Å². The number of amides is 4. The second-order valence-corrected chi connectivity index (χ2v) is 4.63. The van der Waals surface area contributed by atoms with E-state index in [1.165, 1.54) is 0 Å². The van der Waals surface area contributed by atoms with Crippen LogP contribution >= 0.6 is 0 Å². The van der Waals surface area contributed by atoms with E-state index in [9.17, 15) is 14.7 Å². The Morgan fingerprint density at radius 2 is 1.39 bits per heavy atom. The van der Waals surface area contributed by atoms with Gasteiger partial charge in [-0.3, -0.25) is 4.90 Å². The van der Waals surface area contributed by atoms with Crippen LogP contribution in [-0.2, 0) is 0 Å². The highest BCUT2D eigenvalue weighted by Crippen LogP contribution is 2.06. The van der Waals surface area contributed by atoms with Gasteiger partial charge in [0.25, 0.3) is 0 Å². The van der Waals surface area contributed by atoms with Gasteiger partial charge in [0.15, 0.2) is 0 Å². The molecule has 0 aliphatic rings. The van der Waals surface area contributed by atoms with Gasteiger partial charge in [0.05, 0.1) is 6.67 Å². The molecular formula is C16H18N4O3. The van der Waals surface area contributed by atoms with Crippen LogP contribution in [0.4, 0.5) is 21.0 Å². The highest BCUT2D eigenvalue weighted by atomic mass is 16.3. The molecule has 2 aromatic carbocycles. The third-order valence-corrected chi connectivity index (χ3v) is 2.95. The standard InChI is InChI=1S/C16H18N4O3/c21-12-20(16(23)19-14-9-5-2-6-10-14)11-17-15(22)18-13-7-3-1-4-8-13/h1-10,21H,11-12H2,(H,19,23)(H2,17,18,22). The molecule has 0 fully saturated rings. The number of para-hydroxylation sites is 2. The third kappa shape index (κ3) is 5.33. The molecule has 0 atom stereocenters. The van der Waals surface area contributed by atoms with Crippen LogP contribution in [0.25, 0.3) is 0 Å². The Kier molecular flexibility index (Phi) is 5.96. The van der Waals surface area contributed by atoms with Crippen LogP contribution < -0.4 is 16.0 Å². The van der Waals surface area contributed by atoms with Gasteiger partial charge < -0.3 is 21.1 Å². The Bertz CT molecular complexity index is 634. The van der Waals surface area contributed by atoms with E-state index in [0.29, 0.717) is 11.4 Å². The van der Waals surface area contributed by atoms with Crippen molar-refractivity contribution in [3.05, 3.63) is 60.7 Å². The van der Waals surface area contributed by atoms with Crippen molar-refractivity contribution in [3.8, 4) is 0 Å². The summed E-state index contributed by atoms with van der Waals surface area (Å²) >= 11 is 0. The molecule has 2 rings (SSSR count). The number of anilines is 2. The summed E-state index contributed by atoms with van der Waals surface area (Å²) in [6.07, 6.45) is 0. The van der Waals surface area contributed by atoms with Crippen LogP contribution in [0.3, 0.4) is 0 Å². The number of aliphatic hydroxyl groups excluding tert-OH is 1. The number of nitrogens with one attached hydrogen (secondary N) is 3. The fraction of sp³-hybridized carbons (Fsp3) is 0.125. The molecule has 0 saturated heterocycles. The van der Waals surface area contributed by atoms with Gasteiger partial charge in [-0.25, -0.2) is 9.59 Å². The number of urea groups is 2. The summed E-state index contributed by atoms with van der Waals surface area (Å²) in [4.78, 5) is 24.8. The Morgan fingerprint density at radius 1 is 0.870 bits per heavy atom. The Labute approximate surface area is 133 Å². The lowest BCUT2D eigenvalue weighted by Gasteiger charge is -2.21. The predicted molar refractivity (Wildman–Crippen MR) is 87.8 cm³/mol. The maximum Gasteiger partial charge on any atom is 0.325 e. The predicted octanol–water partition coefficient (Wildman–Crippen LogP) is 2.25. The molecule has 0 heterocycles. The summed E-state index contributed by atoms with van der Waals surface area (Å²) in [7, 11) is 0. The minimum atomic E-state index is -0.524. The molecule has 7 nitrogen and oxygen atoms in total. The minimum Gasteiger partial charge on any atom is -0.376 e. The molecule has 0 aliphatic heterocycles. The fourth-order valence-electron chi connectivity index (χ4n) is 1.77. The zero-order chi connectivity index (χ0) is 16.5. The summed E-state index contributed by atoms with van der Waals surface area (Å²) in [5, 5.41) is 17.0. The number of benzene rings is 2. The van der Waals surface area contributed by atoms with E-state index in [1.807, 2.05) is 12.1 Å². The van der Waals surface area contributed by atoms with Crippen molar-refractivity contribution in [1.82, 2.24) is 10.2 Å². The molecule has 2 aromatic rings. The SMILES string of the molecule is O=C(NCN(CO)C(=O)Nc1ccccc1)Nc1ccccc1. The van der Waals surface area contributed by atoms with Gasteiger partial charge in [0, 0.05) is 11.4 Å². The second kappa shape index (κ2) is 8.40. The molecule has 0 bridgehead atoms. The minimum absolute atomic E-state index is 0.131. The van der Waals surface area contributed by atoms with E-state index in [0.717, 1.165) is 4.90 Å². The van der Waals surface area contributed by atoms with Gasteiger partial charge in [0.1, 0.15) is 6.73 Å². The summed E-state index contributed by atoms with van der Waals surface area (Å²) < 4.78 is 0. The number of rotatable bonds is 5. The quantitative estimate of drug-likeness (QED) is 0.638. The maximum atomic E-state index is 12.0. The first-order valence-electron chi connectivity index (χ1n) is 7.01. The Morgan fingerprint density at radius 3 is 1.91 bits per heavy atom. The van der Waals surface area contributed by atoms with Gasteiger partial charge in [-0.05, 0) is 24.3 Å². The van der Waals surface area contributed by atoms with Crippen LogP contribution in [0.1, 0.15) is 0 Å². The third-order valence-electron chi connectivity index (χ3n) is 2.95. The van der Waals surface area contributed by atoms with Crippen LogP contribution in [0, 0.1) is 0 Å². The van der Waals surface area contributed by atoms with Crippen molar-refractivity contribution >= 4 is 23.4 Å². The summed E-state index contributed by atoms with van der Waals surface area (Å²) in [5.41, 5.74) is 1.24. The number of carbonyl (C=O) groups is 2. The molecule has 0 aromatic heterocycles. The molecular weight excluding hydrogens is 296 g/mol. The summed E-state index contributed by atoms with van der Waals surface area (Å²) in [5.74, 6) is 0. The Hall–Kier alpha value is -3.06. The van der Waals surface area contributed by atoms with Crippen LogP contribution in [-0.4, -0.2) is 35.5 Å². The molecule has 0 unspecified atom stereocenters. The zero-order valence-electron chi connectivity index (χ0n) is 12.4. The monoisotopic (exact) mass is 314 g/mol. The summed E-state index contributed by atoms with van der Waals surface area (Å²) in [6, 6.07) is 16.8. The van der Waals surface area contributed by atoms with Crippen molar-refractivity contribution < 1.29 is 14.7 Å². The maximum absolute atomic E-state index is 12.0. The van der Waals surface area contributed by atoms with Crippen molar-refractivity contribution in [2.45, 2.75) is 0 Å². The van der Waals surface area contributed by atoms with E-state index in [2.05, 4.69) is 16.0 Å². The first-order chi connectivity index (χ1) is 11.2. The molecule has 4 N–H and O–H groups in total. The van der Waals surface area contributed by atoms with Crippen molar-refractivity contribution in [2.24, 2.45) is 0 Å². The number of hydrogen-bond donors (Lipinski definition) is 4. The van der Waals surface area contributed by atoms with Crippen LogP contribution in [0.15, 0.2) is 60.7 Å². The highest BCUT2D eigenvalue weighted by molar-refractivity contribution is 5.91. The fourth-order valence-corrected chi connectivity index (χ4v) is 1.77. The molecule has 7 heteroatoms. The molecule has 0 aliphatic carbocycles. The lowest BCUT2D eigenvalue weighted by molar-refractivity contribution is 0.127. The average molecular weight is 314 g/mol. The normalized spacial score (nSPS) is 9.78. The molecule has 4 amide bonds. The van der Waals surface area contributed by atoms with E-state index in [-0.39, 0.29) is 6.67 Å². The smallest absolute Gasteiger partial charge is 0.325 e. The molecule has 120 valence electrons. The van der Waals surface area contributed by atoms with E-state index in [4.69, 9.17) is 0 Å². The Balaban J connectivity index is 1.82. The number of aliphatic hydroxyl groups is 1. The van der Waals surface area contributed by atoms with Crippen molar-refractivity contribution in [2.75, 3.05) is 24.0 Å². The van der Waals surface area contributed by atoms with Gasteiger partial charge in [-0.1, -0.05) is 36.4 Å². The van der Waals surface area contributed by atoms with Gasteiger partial charge in [-0.2, -0.15) is 0 Å². The topological polar surface area (TPSA) is 93.7 Å². The molecule has 23 heavy (non-hydrogen) atoms. The summed E-state index contributed by atoms with van der Waals surface area (Å²) in [6.45, 7) is -0.655. The zero-order valence-corrected chi connectivity index (χ0v) is 12.4. The average Bonchev–Trinajstić information content (AvgIpc) is 2.57. The van der Waals surface area contributed by atoms with Crippen molar-refractivity contribution in [1.29, 1.82) is 0 Å². The number of hydrogen-bond acceptors (Lipinski definition) is 3. The van der Waals surface area contributed by atoms with Crippen LogP contribution in [0.2, 0.25) is 0 Å². The number of carbonyl (C=O) groups excluding carboxylic acids is 2. The molecule has 0 spiro atoms. The van der Waals surface area contributed by atoms with E-state index >= 15 is 0 Å². The molecule has 0 saturated carbocycles. The first kappa shape index (κ1) is 16.3. The van der Waals surface area contributed by atoms with Crippen molar-refractivity contribution in [3.63, 3.8) is 0 Å². The lowest BCUT2D eigenvalue weighted by atomic mass is 10.3. The van der Waals surface area contributed by atoms with E-state index in [1.54, 1.807) is 48.5 Å². The highest BCUT2D eigenvalue weighted by Gasteiger charge is 2.13. The largest absolute Gasteiger partial charge is 0.376 e. The lowest BCUT2D eigenvalue weighted by Crippen LogP contribution is -2.45. The first-order valence-corrected chi connectivity index (χ1v) is 7.01. The number of nitrogens with zero attached hydrogens (tertiary/aromatic N) is 1. The van der Waals surface area contributed by atoms with E-state index < -0.39 is 18.8 Å². The second-order valence-electron chi connectivity index (χ2n) is 4.63.